The molecule has 0 aromatic rings. The van der Waals surface area contributed by atoms with Crippen molar-refractivity contribution in [1.29, 1.82) is 0 Å². The Kier molecular flexibility index (Phi) is 3.13. The van der Waals surface area contributed by atoms with Crippen LogP contribution in [0, 0.1) is 23.2 Å². The first-order valence-corrected chi connectivity index (χ1v) is 7.59. The quantitative estimate of drug-likeness (QED) is 0.767. The Morgan fingerprint density at radius 1 is 1.39 bits per heavy atom. The van der Waals surface area contributed by atoms with Gasteiger partial charge >= 0.3 is 5.97 Å². The van der Waals surface area contributed by atoms with Gasteiger partial charge in [0.1, 0.15) is 0 Å². The number of esters is 1. The van der Waals surface area contributed by atoms with E-state index in [4.69, 9.17) is 10.5 Å². The van der Waals surface area contributed by atoms with E-state index in [1.54, 1.807) is 0 Å². The van der Waals surface area contributed by atoms with E-state index < -0.39 is 0 Å². The molecule has 0 heterocycles. The lowest BCUT2D eigenvalue weighted by Crippen LogP contribution is -2.49. The molecule has 3 saturated carbocycles. The number of ether oxygens (including phenoxy) is 1. The summed E-state index contributed by atoms with van der Waals surface area (Å²) in [7, 11) is 0. The van der Waals surface area contributed by atoms with Gasteiger partial charge in [0.2, 0.25) is 0 Å². The molecule has 2 N–H and O–H groups in total. The molecule has 2 unspecified atom stereocenters. The van der Waals surface area contributed by atoms with E-state index in [0.717, 1.165) is 31.1 Å². The molecule has 5 atom stereocenters. The third-order valence-corrected chi connectivity index (χ3v) is 5.90. The molecule has 0 amide bonds. The average molecular weight is 251 g/mol. The number of hydrogen-bond acceptors (Lipinski definition) is 3. The SMILES string of the molecule is CCOC(=O)[C@@H]1CCC[C@]2(C1)C1CCC(C1)[C@H]2N. The number of nitrogens with two attached hydrogens (primary N) is 1. The highest BCUT2D eigenvalue weighted by atomic mass is 16.5. The van der Waals surface area contributed by atoms with Crippen LogP contribution in [0.4, 0.5) is 0 Å². The van der Waals surface area contributed by atoms with Crippen LogP contribution in [-0.4, -0.2) is 18.6 Å². The lowest BCUT2D eigenvalue weighted by Gasteiger charge is -2.47. The summed E-state index contributed by atoms with van der Waals surface area (Å²) in [6.07, 6.45) is 8.37. The summed E-state index contributed by atoms with van der Waals surface area (Å²) < 4.78 is 5.22. The molecule has 3 aliphatic rings. The Morgan fingerprint density at radius 3 is 2.89 bits per heavy atom. The molecule has 0 radical (unpaired) electrons. The third-order valence-electron chi connectivity index (χ3n) is 5.90. The van der Waals surface area contributed by atoms with E-state index >= 15 is 0 Å². The second-order valence-electron chi connectivity index (χ2n) is 6.57. The van der Waals surface area contributed by atoms with Crippen molar-refractivity contribution in [3.8, 4) is 0 Å². The lowest BCUT2D eigenvalue weighted by atomic mass is 9.59. The van der Waals surface area contributed by atoms with Gasteiger partial charge in [-0.05, 0) is 62.7 Å². The highest BCUT2D eigenvalue weighted by Gasteiger charge is 2.58. The van der Waals surface area contributed by atoms with Gasteiger partial charge in [0.05, 0.1) is 12.5 Å². The number of rotatable bonds is 2. The minimum atomic E-state index is 0.0200. The van der Waals surface area contributed by atoms with Crippen molar-refractivity contribution >= 4 is 5.97 Å². The van der Waals surface area contributed by atoms with E-state index in [9.17, 15) is 4.79 Å². The van der Waals surface area contributed by atoms with Crippen LogP contribution in [0.1, 0.15) is 51.9 Å². The minimum Gasteiger partial charge on any atom is -0.466 e. The summed E-state index contributed by atoms with van der Waals surface area (Å²) in [6.45, 7) is 2.39. The van der Waals surface area contributed by atoms with Crippen LogP contribution >= 0.6 is 0 Å². The molecule has 3 nitrogen and oxygen atoms in total. The summed E-state index contributed by atoms with van der Waals surface area (Å²) >= 11 is 0. The molecule has 0 saturated heterocycles. The third kappa shape index (κ3) is 1.70. The van der Waals surface area contributed by atoms with Crippen molar-refractivity contribution in [3.63, 3.8) is 0 Å². The molecule has 0 aromatic carbocycles. The van der Waals surface area contributed by atoms with Crippen molar-refractivity contribution in [1.82, 2.24) is 0 Å². The number of carbonyl (C=O) groups is 1. The highest BCUT2D eigenvalue weighted by Crippen LogP contribution is 2.61. The Balaban J connectivity index is 1.75. The normalized spacial score (nSPS) is 46.6. The van der Waals surface area contributed by atoms with Gasteiger partial charge in [-0.3, -0.25) is 4.79 Å². The van der Waals surface area contributed by atoms with Crippen molar-refractivity contribution in [2.45, 2.75) is 57.9 Å². The molecular formula is C15H25NO2. The van der Waals surface area contributed by atoms with E-state index in [-0.39, 0.29) is 17.3 Å². The Hall–Kier alpha value is -0.570. The van der Waals surface area contributed by atoms with E-state index in [2.05, 4.69) is 0 Å². The summed E-state index contributed by atoms with van der Waals surface area (Å²) in [5.41, 5.74) is 6.79. The van der Waals surface area contributed by atoms with Gasteiger partial charge < -0.3 is 10.5 Å². The van der Waals surface area contributed by atoms with Crippen LogP contribution in [0.25, 0.3) is 0 Å². The topological polar surface area (TPSA) is 52.3 Å². The summed E-state index contributed by atoms with van der Waals surface area (Å²) in [4.78, 5) is 12.0. The first-order chi connectivity index (χ1) is 8.67. The molecule has 3 heteroatoms. The standard InChI is InChI=1S/C15H25NO2/c1-2-18-14(17)11-4-3-7-15(9-11)12-6-5-10(8-12)13(15)16/h10-13H,2-9,16H2,1H3/t10?,11-,12?,13-,15+/m1/s1. The molecule has 1 spiro atoms. The summed E-state index contributed by atoms with van der Waals surface area (Å²) in [5.74, 6) is 1.65. The molecule has 18 heavy (non-hydrogen) atoms. The van der Waals surface area contributed by atoms with E-state index in [1.165, 1.54) is 25.7 Å². The molecule has 2 bridgehead atoms. The predicted octanol–water partition coefficient (Wildman–Crippen LogP) is 2.48. The van der Waals surface area contributed by atoms with Crippen molar-refractivity contribution < 1.29 is 9.53 Å². The van der Waals surface area contributed by atoms with Crippen LogP contribution in [-0.2, 0) is 9.53 Å². The second-order valence-corrected chi connectivity index (χ2v) is 6.57. The fourth-order valence-electron chi connectivity index (χ4n) is 5.08. The minimum absolute atomic E-state index is 0.0200. The first kappa shape index (κ1) is 12.5. The number of carbonyl (C=O) groups excluding carboxylic acids is 1. The smallest absolute Gasteiger partial charge is 0.308 e. The van der Waals surface area contributed by atoms with Gasteiger partial charge in [-0.1, -0.05) is 6.42 Å². The van der Waals surface area contributed by atoms with Gasteiger partial charge in [0, 0.05) is 6.04 Å². The van der Waals surface area contributed by atoms with Crippen LogP contribution in [0.3, 0.4) is 0 Å². The molecule has 0 aromatic heterocycles. The lowest BCUT2D eigenvalue weighted by molar-refractivity contribution is -0.151. The van der Waals surface area contributed by atoms with Crippen molar-refractivity contribution in [3.05, 3.63) is 0 Å². The van der Waals surface area contributed by atoms with E-state index in [0.29, 0.717) is 12.6 Å². The Morgan fingerprint density at radius 2 is 2.22 bits per heavy atom. The number of fused-ring (bicyclic) bond motifs is 3. The van der Waals surface area contributed by atoms with Crippen LogP contribution in [0.15, 0.2) is 0 Å². The Bertz CT molecular complexity index is 339. The second kappa shape index (κ2) is 4.52. The van der Waals surface area contributed by atoms with Crippen LogP contribution < -0.4 is 5.73 Å². The zero-order valence-electron chi connectivity index (χ0n) is 11.4. The van der Waals surface area contributed by atoms with Gasteiger partial charge in [-0.25, -0.2) is 0 Å². The monoisotopic (exact) mass is 251 g/mol. The first-order valence-electron chi connectivity index (χ1n) is 7.59. The van der Waals surface area contributed by atoms with Crippen molar-refractivity contribution in [2.75, 3.05) is 6.61 Å². The van der Waals surface area contributed by atoms with Crippen LogP contribution in [0.2, 0.25) is 0 Å². The van der Waals surface area contributed by atoms with Crippen molar-refractivity contribution in [2.24, 2.45) is 28.9 Å². The fourth-order valence-corrected chi connectivity index (χ4v) is 5.08. The van der Waals surface area contributed by atoms with Gasteiger partial charge in [-0.2, -0.15) is 0 Å². The fraction of sp³-hybridized carbons (Fsp3) is 0.933. The zero-order chi connectivity index (χ0) is 12.8. The zero-order valence-corrected chi connectivity index (χ0v) is 11.4. The molecule has 102 valence electrons. The van der Waals surface area contributed by atoms with Gasteiger partial charge in [0.25, 0.3) is 0 Å². The average Bonchev–Trinajstić information content (AvgIpc) is 2.94. The maximum absolute atomic E-state index is 12.0. The molecule has 0 aliphatic heterocycles. The van der Waals surface area contributed by atoms with E-state index in [1.807, 2.05) is 6.92 Å². The van der Waals surface area contributed by atoms with Crippen LogP contribution in [0.5, 0.6) is 0 Å². The predicted molar refractivity (Wildman–Crippen MR) is 69.8 cm³/mol. The highest BCUT2D eigenvalue weighted by molar-refractivity contribution is 5.72. The Labute approximate surface area is 109 Å². The number of hydrogen-bond donors (Lipinski definition) is 1. The van der Waals surface area contributed by atoms with Gasteiger partial charge in [-0.15, -0.1) is 0 Å². The largest absolute Gasteiger partial charge is 0.466 e. The molecule has 3 aliphatic carbocycles. The molecular weight excluding hydrogens is 226 g/mol. The van der Waals surface area contributed by atoms with Gasteiger partial charge in [0.15, 0.2) is 0 Å². The maximum Gasteiger partial charge on any atom is 0.308 e. The maximum atomic E-state index is 12.0. The summed E-state index contributed by atoms with van der Waals surface area (Å²) in [6, 6.07) is 0.341. The molecule has 3 fully saturated rings. The summed E-state index contributed by atoms with van der Waals surface area (Å²) in [5, 5.41) is 0. The molecule has 3 rings (SSSR count).